The van der Waals surface area contributed by atoms with Crippen molar-refractivity contribution in [3.63, 3.8) is 0 Å². The van der Waals surface area contributed by atoms with E-state index in [1.165, 1.54) is 12.1 Å². The van der Waals surface area contributed by atoms with E-state index in [4.69, 9.17) is 9.47 Å². The predicted molar refractivity (Wildman–Crippen MR) is 92.8 cm³/mol. The first-order chi connectivity index (χ1) is 12.2. The predicted octanol–water partition coefficient (Wildman–Crippen LogP) is 1.56. The van der Waals surface area contributed by atoms with Crippen molar-refractivity contribution in [2.75, 3.05) is 53.0 Å². The Morgan fingerprint density at radius 2 is 1.96 bits per heavy atom. The van der Waals surface area contributed by atoms with Crippen LogP contribution in [0.5, 0.6) is 0 Å². The molecule has 1 amide bonds. The molecule has 3 rings (SSSR count). The van der Waals surface area contributed by atoms with E-state index in [9.17, 15) is 9.18 Å². The number of likely N-dealkylation sites (tertiary alicyclic amines) is 1. The molecule has 0 radical (unpaired) electrons. The number of nitrogens with zero attached hydrogens (tertiary/aromatic N) is 2. The number of rotatable bonds is 5. The summed E-state index contributed by atoms with van der Waals surface area (Å²) in [5.41, 5.74) is 1.08. The standard InChI is InChI=1S/C19H27FN2O3/c1-24-18-6-7-22(19(23)14-21-8-10-25-11-9-21)13-16(18)12-15-2-4-17(20)5-3-15/h2-5,16,18H,6-14H2,1H3/t16-,18-/m1/s1. The van der Waals surface area contributed by atoms with E-state index >= 15 is 0 Å². The Morgan fingerprint density at radius 1 is 1.24 bits per heavy atom. The van der Waals surface area contributed by atoms with E-state index in [1.54, 1.807) is 7.11 Å². The summed E-state index contributed by atoms with van der Waals surface area (Å²) in [5.74, 6) is 0.191. The SMILES string of the molecule is CO[C@@H]1CCN(C(=O)CN2CCOCC2)C[C@H]1Cc1ccc(F)cc1. The highest BCUT2D eigenvalue weighted by atomic mass is 19.1. The van der Waals surface area contributed by atoms with Crippen molar-refractivity contribution < 1.29 is 18.7 Å². The number of morpholine rings is 1. The van der Waals surface area contributed by atoms with Crippen molar-refractivity contribution in [1.29, 1.82) is 0 Å². The summed E-state index contributed by atoms with van der Waals surface area (Å²) in [6, 6.07) is 6.61. The number of carbonyl (C=O) groups is 1. The molecular formula is C19H27FN2O3. The minimum Gasteiger partial charge on any atom is -0.381 e. The van der Waals surface area contributed by atoms with Crippen molar-refractivity contribution in [3.8, 4) is 0 Å². The fourth-order valence-electron chi connectivity index (χ4n) is 3.72. The van der Waals surface area contributed by atoms with E-state index in [1.807, 2.05) is 17.0 Å². The van der Waals surface area contributed by atoms with E-state index in [0.29, 0.717) is 26.3 Å². The lowest BCUT2D eigenvalue weighted by molar-refractivity contribution is -0.137. The number of piperidine rings is 1. The molecule has 0 bridgehead atoms. The Kier molecular flexibility index (Phi) is 6.39. The Bertz CT molecular complexity index is 560. The maximum atomic E-state index is 13.1. The van der Waals surface area contributed by atoms with Crippen LogP contribution in [-0.4, -0.2) is 74.9 Å². The fourth-order valence-corrected chi connectivity index (χ4v) is 3.72. The van der Waals surface area contributed by atoms with E-state index < -0.39 is 0 Å². The van der Waals surface area contributed by atoms with Gasteiger partial charge >= 0.3 is 0 Å². The number of benzene rings is 1. The van der Waals surface area contributed by atoms with Gasteiger partial charge in [0, 0.05) is 39.2 Å². The van der Waals surface area contributed by atoms with Crippen LogP contribution >= 0.6 is 0 Å². The van der Waals surface area contributed by atoms with Gasteiger partial charge in [0.1, 0.15) is 5.82 Å². The average Bonchev–Trinajstić information content (AvgIpc) is 2.64. The number of amides is 1. The van der Waals surface area contributed by atoms with Gasteiger partial charge in [-0.2, -0.15) is 0 Å². The molecule has 2 aliphatic rings. The first kappa shape index (κ1) is 18.3. The van der Waals surface area contributed by atoms with Gasteiger partial charge in [0.2, 0.25) is 5.91 Å². The third-order valence-electron chi connectivity index (χ3n) is 5.19. The second-order valence-electron chi connectivity index (χ2n) is 6.88. The van der Waals surface area contributed by atoms with Gasteiger partial charge in [-0.05, 0) is 30.5 Å². The molecule has 2 atom stereocenters. The number of halogens is 1. The zero-order chi connectivity index (χ0) is 17.6. The molecule has 5 nitrogen and oxygen atoms in total. The zero-order valence-corrected chi connectivity index (χ0v) is 14.8. The topological polar surface area (TPSA) is 42.0 Å². The van der Waals surface area contributed by atoms with Gasteiger partial charge in [-0.25, -0.2) is 4.39 Å². The van der Waals surface area contributed by atoms with E-state index in [0.717, 1.165) is 38.0 Å². The number of carbonyl (C=O) groups excluding carboxylic acids is 1. The van der Waals surface area contributed by atoms with Crippen molar-refractivity contribution in [2.24, 2.45) is 5.92 Å². The Hall–Kier alpha value is -1.50. The molecule has 1 aromatic carbocycles. The molecule has 25 heavy (non-hydrogen) atoms. The molecular weight excluding hydrogens is 323 g/mol. The third-order valence-corrected chi connectivity index (χ3v) is 5.19. The molecule has 2 aliphatic heterocycles. The summed E-state index contributed by atoms with van der Waals surface area (Å²) in [6.07, 6.45) is 1.77. The molecule has 0 aromatic heterocycles. The lowest BCUT2D eigenvalue weighted by atomic mass is 9.88. The average molecular weight is 350 g/mol. The number of hydrogen-bond donors (Lipinski definition) is 0. The number of hydrogen-bond acceptors (Lipinski definition) is 4. The van der Waals surface area contributed by atoms with Crippen LogP contribution in [0, 0.1) is 11.7 Å². The summed E-state index contributed by atoms with van der Waals surface area (Å²) >= 11 is 0. The highest BCUT2D eigenvalue weighted by molar-refractivity contribution is 5.78. The van der Waals surface area contributed by atoms with Crippen LogP contribution in [-0.2, 0) is 20.7 Å². The quantitative estimate of drug-likeness (QED) is 0.808. The van der Waals surface area contributed by atoms with Gasteiger partial charge < -0.3 is 14.4 Å². The lowest BCUT2D eigenvalue weighted by Crippen LogP contribution is -2.51. The minimum absolute atomic E-state index is 0.137. The second kappa shape index (κ2) is 8.74. The molecule has 0 saturated carbocycles. The fraction of sp³-hybridized carbons (Fsp3) is 0.632. The smallest absolute Gasteiger partial charge is 0.236 e. The molecule has 6 heteroatoms. The van der Waals surface area contributed by atoms with Crippen LogP contribution in [0.2, 0.25) is 0 Å². The monoisotopic (exact) mass is 350 g/mol. The normalized spacial score (nSPS) is 25.1. The zero-order valence-electron chi connectivity index (χ0n) is 14.8. The van der Waals surface area contributed by atoms with Crippen molar-refractivity contribution >= 4 is 5.91 Å². The minimum atomic E-state index is -0.224. The first-order valence-corrected chi connectivity index (χ1v) is 9.01. The molecule has 2 saturated heterocycles. The Balaban J connectivity index is 1.59. The van der Waals surface area contributed by atoms with Gasteiger partial charge in [0.05, 0.1) is 25.9 Å². The molecule has 0 aliphatic carbocycles. The first-order valence-electron chi connectivity index (χ1n) is 9.01. The molecule has 2 heterocycles. The number of ether oxygens (including phenoxy) is 2. The Labute approximate surface area is 148 Å². The van der Waals surface area contributed by atoms with E-state index in [2.05, 4.69) is 4.90 Å². The Morgan fingerprint density at radius 3 is 2.64 bits per heavy atom. The summed E-state index contributed by atoms with van der Waals surface area (Å²) < 4.78 is 24.1. The van der Waals surface area contributed by atoms with E-state index in [-0.39, 0.29) is 23.7 Å². The van der Waals surface area contributed by atoms with Crippen LogP contribution in [0.3, 0.4) is 0 Å². The highest BCUT2D eigenvalue weighted by Gasteiger charge is 2.32. The molecule has 0 unspecified atom stereocenters. The number of methoxy groups -OCH3 is 1. The van der Waals surface area contributed by atoms with Crippen molar-refractivity contribution in [1.82, 2.24) is 9.80 Å². The van der Waals surface area contributed by atoms with Crippen molar-refractivity contribution in [2.45, 2.75) is 18.9 Å². The molecule has 2 fully saturated rings. The van der Waals surface area contributed by atoms with Crippen LogP contribution in [0.25, 0.3) is 0 Å². The van der Waals surface area contributed by atoms with Crippen LogP contribution in [0.4, 0.5) is 4.39 Å². The molecule has 0 N–H and O–H groups in total. The maximum Gasteiger partial charge on any atom is 0.236 e. The summed E-state index contributed by atoms with van der Waals surface area (Å²) in [7, 11) is 1.73. The van der Waals surface area contributed by atoms with Gasteiger partial charge in [-0.1, -0.05) is 12.1 Å². The summed E-state index contributed by atoms with van der Waals surface area (Å²) in [6.45, 7) is 4.93. The van der Waals surface area contributed by atoms with Crippen molar-refractivity contribution in [3.05, 3.63) is 35.6 Å². The molecule has 0 spiro atoms. The van der Waals surface area contributed by atoms with Crippen LogP contribution in [0.15, 0.2) is 24.3 Å². The third kappa shape index (κ3) is 5.00. The van der Waals surface area contributed by atoms with Crippen LogP contribution in [0.1, 0.15) is 12.0 Å². The van der Waals surface area contributed by atoms with Crippen LogP contribution < -0.4 is 0 Å². The lowest BCUT2D eigenvalue weighted by Gasteiger charge is -2.39. The largest absolute Gasteiger partial charge is 0.381 e. The molecule has 1 aromatic rings. The summed E-state index contributed by atoms with van der Waals surface area (Å²) in [5, 5.41) is 0. The van der Waals surface area contributed by atoms with Gasteiger partial charge in [-0.15, -0.1) is 0 Å². The highest BCUT2D eigenvalue weighted by Crippen LogP contribution is 2.24. The summed E-state index contributed by atoms with van der Waals surface area (Å²) in [4.78, 5) is 16.8. The van der Waals surface area contributed by atoms with Gasteiger partial charge in [0.25, 0.3) is 0 Å². The molecule has 138 valence electrons. The van der Waals surface area contributed by atoms with Gasteiger partial charge in [0.15, 0.2) is 0 Å². The second-order valence-corrected chi connectivity index (χ2v) is 6.88. The maximum absolute atomic E-state index is 13.1. The van der Waals surface area contributed by atoms with Gasteiger partial charge in [-0.3, -0.25) is 9.69 Å².